The number of anilines is 1. The van der Waals surface area contributed by atoms with Crippen LogP contribution in [0.4, 0.5) is 5.82 Å². The number of nitrogen functional groups attached to an aromatic ring is 1. The summed E-state index contributed by atoms with van der Waals surface area (Å²) >= 11 is 5.18. The number of halogens is 1. The molecular weight excluding hydrogens is 312 g/mol. The summed E-state index contributed by atoms with van der Waals surface area (Å²) in [7, 11) is 0. The van der Waals surface area contributed by atoms with Crippen LogP contribution in [0, 0.1) is 6.92 Å². The molecule has 3 N–H and O–H groups in total. The fourth-order valence-corrected chi connectivity index (χ4v) is 2.98. The van der Waals surface area contributed by atoms with Crippen molar-refractivity contribution in [1.82, 2.24) is 9.97 Å². The minimum Gasteiger partial charge on any atom is -0.308 e. The van der Waals surface area contributed by atoms with Gasteiger partial charge >= 0.3 is 0 Å². The maximum Gasteiger partial charge on any atom is 0.171 e. The van der Waals surface area contributed by atoms with Gasteiger partial charge in [0.25, 0.3) is 0 Å². The van der Waals surface area contributed by atoms with E-state index in [2.05, 4.69) is 52.1 Å². The van der Waals surface area contributed by atoms with Gasteiger partial charge in [0.2, 0.25) is 0 Å². The fourth-order valence-electron chi connectivity index (χ4n) is 1.52. The summed E-state index contributed by atoms with van der Waals surface area (Å²) in [5, 5.41) is 0. The molecule has 2 aromatic heterocycles. The van der Waals surface area contributed by atoms with Gasteiger partial charge in [0, 0.05) is 21.1 Å². The molecule has 4 nitrogen and oxygen atoms in total. The number of hydrazine groups is 1. The molecule has 0 aliphatic carbocycles. The topological polar surface area (TPSA) is 63.8 Å². The van der Waals surface area contributed by atoms with Crippen molar-refractivity contribution in [2.45, 2.75) is 26.7 Å². The second-order valence-electron chi connectivity index (χ2n) is 4.32. The highest BCUT2D eigenvalue weighted by molar-refractivity contribution is 9.10. The van der Waals surface area contributed by atoms with E-state index < -0.39 is 0 Å². The zero-order valence-corrected chi connectivity index (χ0v) is 12.9. The van der Waals surface area contributed by atoms with Gasteiger partial charge in [-0.15, -0.1) is 11.3 Å². The van der Waals surface area contributed by atoms with Crippen molar-refractivity contribution in [1.29, 1.82) is 0 Å². The maximum atomic E-state index is 5.45. The Hall–Kier alpha value is -0.980. The van der Waals surface area contributed by atoms with Crippen LogP contribution in [0.2, 0.25) is 0 Å². The average molecular weight is 327 g/mol. The lowest BCUT2D eigenvalue weighted by atomic mass is 10.1. The smallest absolute Gasteiger partial charge is 0.171 e. The van der Waals surface area contributed by atoms with Gasteiger partial charge in [-0.05, 0) is 34.8 Å². The molecule has 0 saturated carbocycles. The third-order valence-electron chi connectivity index (χ3n) is 2.56. The van der Waals surface area contributed by atoms with Crippen LogP contribution in [0.5, 0.6) is 0 Å². The highest BCUT2D eigenvalue weighted by Crippen LogP contribution is 2.33. The third kappa shape index (κ3) is 2.71. The van der Waals surface area contributed by atoms with Crippen molar-refractivity contribution >= 4 is 33.1 Å². The number of hydrogen-bond donors (Lipinski definition) is 2. The Labute approximate surface area is 119 Å². The lowest BCUT2D eigenvalue weighted by Gasteiger charge is -2.08. The van der Waals surface area contributed by atoms with Crippen LogP contribution < -0.4 is 11.3 Å². The third-order valence-corrected chi connectivity index (χ3v) is 4.70. The lowest BCUT2D eigenvalue weighted by Crippen LogP contribution is -2.10. The highest BCUT2D eigenvalue weighted by Gasteiger charge is 2.12. The second-order valence-corrected chi connectivity index (χ2v) is 6.43. The zero-order chi connectivity index (χ0) is 13.3. The van der Waals surface area contributed by atoms with Crippen molar-refractivity contribution in [2.75, 3.05) is 5.43 Å². The first kappa shape index (κ1) is 13.5. The number of hydrogen-bond acceptors (Lipinski definition) is 5. The van der Waals surface area contributed by atoms with Gasteiger partial charge in [-0.25, -0.2) is 15.8 Å². The van der Waals surface area contributed by atoms with Gasteiger partial charge in [0.05, 0.1) is 4.88 Å². The highest BCUT2D eigenvalue weighted by atomic mass is 79.9. The SMILES string of the molecule is Cc1sc(-c2nc(NN)cc(C(C)C)n2)cc1Br. The Balaban J connectivity index is 2.52. The Bertz CT molecular complexity index is 546. The van der Waals surface area contributed by atoms with E-state index in [9.17, 15) is 0 Å². The van der Waals surface area contributed by atoms with Crippen LogP contribution >= 0.6 is 27.3 Å². The first-order valence-electron chi connectivity index (χ1n) is 5.63. The summed E-state index contributed by atoms with van der Waals surface area (Å²) in [5.41, 5.74) is 3.58. The van der Waals surface area contributed by atoms with E-state index in [4.69, 9.17) is 5.84 Å². The first-order chi connectivity index (χ1) is 8.51. The quantitative estimate of drug-likeness (QED) is 0.667. The summed E-state index contributed by atoms with van der Waals surface area (Å²) in [5.74, 6) is 7.15. The van der Waals surface area contributed by atoms with Gasteiger partial charge in [0.15, 0.2) is 5.82 Å². The van der Waals surface area contributed by atoms with E-state index in [0.29, 0.717) is 17.6 Å². The van der Waals surface area contributed by atoms with E-state index in [1.54, 1.807) is 11.3 Å². The number of nitrogens with two attached hydrogens (primary N) is 1. The molecule has 0 aromatic carbocycles. The monoisotopic (exact) mass is 326 g/mol. The van der Waals surface area contributed by atoms with Gasteiger partial charge in [-0.3, -0.25) is 0 Å². The lowest BCUT2D eigenvalue weighted by molar-refractivity contribution is 0.817. The molecule has 0 saturated heterocycles. The molecular formula is C12H15BrN4S. The first-order valence-corrected chi connectivity index (χ1v) is 7.24. The van der Waals surface area contributed by atoms with Crippen molar-refractivity contribution in [3.63, 3.8) is 0 Å². The molecule has 2 heterocycles. The van der Waals surface area contributed by atoms with Crippen LogP contribution in [0.25, 0.3) is 10.7 Å². The van der Waals surface area contributed by atoms with Gasteiger partial charge < -0.3 is 5.43 Å². The molecule has 0 aliphatic rings. The van der Waals surface area contributed by atoms with E-state index in [-0.39, 0.29) is 0 Å². The van der Waals surface area contributed by atoms with E-state index in [0.717, 1.165) is 15.0 Å². The Morgan fingerprint density at radius 1 is 1.33 bits per heavy atom. The summed E-state index contributed by atoms with van der Waals surface area (Å²) in [6, 6.07) is 3.92. The minimum absolute atomic E-state index is 0.336. The Morgan fingerprint density at radius 3 is 2.56 bits per heavy atom. The van der Waals surface area contributed by atoms with E-state index in [1.165, 1.54) is 4.88 Å². The van der Waals surface area contributed by atoms with Crippen molar-refractivity contribution < 1.29 is 0 Å². The molecule has 2 rings (SSSR count). The predicted molar refractivity (Wildman–Crippen MR) is 79.7 cm³/mol. The molecule has 0 atom stereocenters. The standard InChI is InChI=1S/C12H15BrN4S/c1-6(2)9-5-11(17-14)16-12(15-9)10-4-8(13)7(3)18-10/h4-6H,14H2,1-3H3,(H,15,16,17). The summed E-state index contributed by atoms with van der Waals surface area (Å²) in [6.45, 7) is 6.26. The molecule has 18 heavy (non-hydrogen) atoms. The van der Waals surface area contributed by atoms with Crippen LogP contribution in [-0.4, -0.2) is 9.97 Å². The van der Waals surface area contributed by atoms with Crippen molar-refractivity contribution in [2.24, 2.45) is 5.84 Å². The van der Waals surface area contributed by atoms with E-state index >= 15 is 0 Å². The number of nitrogens with one attached hydrogen (secondary N) is 1. The van der Waals surface area contributed by atoms with Crippen LogP contribution in [0.3, 0.4) is 0 Å². The summed E-state index contributed by atoms with van der Waals surface area (Å²) < 4.78 is 1.09. The molecule has 0 aliphatic heterocycles. The molecule has 0 bridgehead atoms. The number of rotatable bonds is 3. The van der Waals surface area contributed by atoms with Crippen LogP contribution in [0.15, 0.2) is 16.6 Å². The Morgan fingerprint density at radius 2 is 2.06 bits per heavy atom. The van der Waals surface area contributed by atoms with Crippen LogP contribution in [0.1, 0.15) is 30.3 Å². The summed E-state index contributed by atoms with van der Waals surface area (Å²) in [6.07, 6.45) is 0. The molecule has 6 heteroatoms. The molecule has 0 spiro atoms. The zero-order valence-electron chi connectivity index (χ0n) is 10.5. The second kappa shape index (κ2) is 5.34. The molecule has 0 amide bonds. The van der Waals surface area contributed by atoms with Crippen molar-refractivity contribution in [3.05, 3.63) is 27.2 Å². The minimum atomic E-state index is 0.336. The molecule has 2 aromatic rings. The van der Waals surface area contributed by atoms with Crippen LogP contribution in [-0.2, 0) is 0 Å². The average Bonchev–Trinajstić information content (AvgIpc) is 2.69. The Kier molecular flexibility index (Phi) is 3.99. The number of thiophene rings is 1. The van der Waals surface area contributed by atoms with Crippen molar-refractivity contribution in [3.8, 4) is 10.7 Å². The van der Waals surface area contributed by atoms with E-state index in [1.807, 2.05) is 12.1 Å². The van der Waals surface area contributed by atoms with Gasteiger partial charge in [-0.1, -0.05) is 13.8 Å². The summed E-state index contributed by atoms with van der Waals surface area (Å²) in [4.78, 5) is 11.2. The number of aryl methyl sites for hydroxylation is 1. The van der Waals surface area contributed by atoms with Gasteiger partial charge in [-0.2, -0.15) is 0 Å². The molecule has 96 valence electrons. The fraction of sp³-hybridized carbons (Fsp3) is 0.333. The predicted octanol–water partition coefficient (Wildman–Crippen LogP) is 3.69. The molecule has 0 fully saturated rings. The normalized spacial score (nSPS) is 11.0. The van der Waals surface area contributed by atoms with Gasteiger partial charge in [0.1, 0.15) is 5.82 Å². The number of nitrogens with zero attached hydrogens (tertiary/aromatic N) is 2. The number of aromatic nitrogens is 2. The largest absolute Gasteiger partial charge is 0.308 e. The molecule has 0 radical (unpaired) electrons. The molecule has 0 unspecified atom stereocenters. The maximum absolute atomic E-state index is 5.45.